The van der Waals surface area contributed by atoms with Crippen LogP contribution in [0.3, 0.4) is 0 Å². The molecule has 1 saturated heterocycles. The van der Waals surface area contributed by atoms with Crippen molar-refractivity contribution in [2.75, 3.05) is 34.9 Å². The van der Waals surface area contributed by atoms with Crippen LogP contribution in [0.1, 0.15) is 0 Å². The van der Waals surface area contributed by atoms with E-state index in [2.05, 4.69) is 15.3 Å². The molecule has 1 unspecified atom stereocenters. The molecule has 1 aliphatic rings. The second kappa shape index (κ2) is 5.54. The van der Waals surface area contributed by atoms with E-state index in [4.69, 9.17) is 5.73 Å². The summed E-state index contributed by atoms with van der Waals surface area (Å²) in [6, 6.07) is 2.05. The molecule has 7 heteroatoms. The van der Waals surface area contributed by atoms with Gasteiger partial charge >= 0.3 is 0 Å². The van der Waals surface area contributed by atoms with Gasteiger partial charge in [0.2, 0.25) is 5.95 Å². The number of nitrogens with one attached hydrogen (secondary N) is 1. The predicted octanol–water partition coefficient (Wildman–Crippen LogP) is 2.53. The van der Waals surface area contributed by atoms with Crippen molar-refractivity contribution in [2.45, 2.75) is 5.25 Å². The molecule has 4 nitrogen and oxygen atoms in total. The van der Waals surface area contributed by atoms with Crippen molar-refractivity contribution in [3.63, 3.8) is 0 Å². The van der Waals surface area contributed by atoms with Crippen LogP contribution in [0.25, 0.3) is 10.2 Å². The molecule has 0 spiro atoms. The van der Waals surface area contributed by atoms with Crippen molar-refractivity contribution < 1.29 is 0 Å². The fourth-order valence-corrected chi connectivity index (χ4v) is 5.25. The Hall–Kier alpha value is -0.660. The van der Waals surface area contributed by atoms with Crippen LogP contribution in [0.2, 0.25) is 0 Å². The zero-order valence-corrected chi connectivity index (χ0v) is 12.2. The highest BCUT2D eigenvalue weighted by atomic mass is 32.2. The first kappa shape index (κ1) is 12.4. The van der Waals surface area contributed by atoms with Crippen LogP contribution in [0.15, 0.2) is 11.4 Å². The third kappa shape index (κ3) is 2.67. The van der Waals surface area contributed by atoms with Gasteiger partial charge in [0, 0.05) is 29.1 Å². The maximum atomic E-state index is 5.73. The van der Waals surface area contributed by atoms with E-state index in [1.54, 1.807) is 11.3 Å². The maximum Gasteiger partial charge on any atom is 0.223 e. The zero-order chi connectivity index (χ0) is 12.4. The van der Waals surface area contributed by atoms with Gasteiger partial charge in [-0.1, -0.05) is 0 Å². The van der Waals surface area contributed by atoms with Gasteiger partial charge in [-0.25, -0.2) is 4.98 Å². The van der Waals surface area contributed by atoms with Crippen molar-refractivity contribution in [3.8, 4) is 0 Å². The van der Waals surface area contributed by atoms with E-state index in [0.29, 0.717) is 11.2 Å². The maximum absolute atomic E-state index is 5.73. The quantitative estimate of drug-likeness (QED) is 0.908. The van der Waals surface area contributed by atoms with E-state index >= 15 is 0 Å². The summed E-state index contributed by atoms with van der Waals surface area (Å²) < 4.78 is 0. The van der Waals surface area contributed by atoms with Gasteiger partial charge in [0.05, 0.1) is 5.39 Å². The number of thioether (sulfide) groups is 2. The minimum atomic E-state index is 0.345. The number of rotatable bonds is 3. The van der Waals surface area contributed by atoms with Crippen LogP contribution in [-0.2, 0) is 0 Å². The summed E-state index contributed by atoms with van der Waals surface area (Å²) in [7, 11) is 0. The first-order valence-corrected chi connectivity index (χ1v) is 8.85. The Kier molecular flexibility index (Phi) is 3.81. The first-order valence-electron chi connectivity index (χ1n) is 5.77. The molecule has 1 fully saturated rings. The predicted molar refractivity (Wildman–Crippen MR) is 83.9 cm³/mol. The highest BCUT2D eigenvalue weighted by Crippen LogP contribution is 2.27. The largest absolute Gasteiger partial charge is 0.368 e. The number of aromatic nitrogens is 2. The Labute approximate surface area is 118 Å². The number of nitrogens with zero attached hydrogens (tertiary/aromatic N) is 2. The summed E-state index contributed by atoms with van der Waals surface area (Å²) in [6.07, 6.45) is 0. The van der Waals surface area contributed by atoms with Crippen molar-refractivity contribution in [1.82, 2.24) is 9.97 Å². The molecule has 3 heterocycles. The van der Waals surface area contributed by atoms with Gasteiger partial charge in [0.1, 0.15) is 10.6 Å². The SMILES string of the molecule is Nc1nc(NCC2CSCCS2)c2ccsc2n1. The number of fused-ring (bicyclic) bond motifs is 1. The average molecular weight is 298 g/mol. The molecule has 0 aromatic carbocycles. The third-order valence-corrected chi connectivity index (χ3v) is 6.38. The monoisotopic (exact) mass is 298 g/mol. The smallest absolute Gasteiger partial charge is 0.223 e. The van der Waals surface area contributed by atoms with Gasteiger partial charge in [-0.05, 0) is 11.4 Å². The molecule has 0 radical (unpaired) electrons. The molecule has 3 rings (SSSR count). The van der Waals surface area contributed by atoms with E-state index < -0.39 is 0 Å². The molecule has 1 atom stereocenters. The molecule has 18 heavy (non-hydrogen) atoms. The Morgan fingerprint density at radius 1 is 1.39 bits per heavy atom. The van der Waals surface area contributed by atoms with Crippen molar-refractivity contribution in [3.05, 3.63) is 11.4 Å². The van der Waals surface area contributed by atoms with E-state index in [9.17, 15) is 0 Å². The fourth-order valence-electron chi connectivity index (χ4n) is 1.87. The third-order valence-electron chi connectivity index (χ3n) is 2.72. The number of nitrogens with two attached hydrogens (primary N) is 1. The summed E-state index contributed by atoms with van der Waals surface area (Å²) in [5, 5.41) is 7.18. The van der Waals surface area contributed by atoms with E-state index in [0.717, 1.165) is 22.6 Å². The van der Waals surface area contributed by atoms with Crippen LogP contribution in [0.4, 0.5) is 11.8 Å². The number of thiophene rings is 1. The second-order valence-corrected chi connectivity index (χ2v) is 7.47. The summed E-state index contributed by atoms with van der Waals surface area (Å²) in [5.41, 5.74) is 5.73. The van der Waals surface area contributed by atoms with Gasteiger partial charge in [0.25, 0.3) is 0 Å². The minimum Gasteiger partial charge on any atom is -0.368 e. The van der Waals surface area contributed by atoms with E-state index in [1.807, 2.05) is 35.0 Å². The topological polar surface area (TPSA) is 63.8 Å². The molecule has 96 valence electrons. The molecule has 3 N–H and O–H groups in total. The number of hydrogen-bond acceptors (Lipinski definition) is 7. The first-order chi connectivity index (χ1) is 8.83. The molecule has 0 bridgehead atoms. The summed E-state index contributed by atoms with van der Waals surface area (Å²) in [5.74, 6) is 4.95. The molecule has 2 aromatic rings. The Balaban J connectivity index is 1.75. The average Bonchev–Trinajstić information content (AvgIpc) is 2.85. The van der Waals surface area contributed by atoms with Gasteiger partial charge in [-0.2, -0.15) is 28.5 Å². The molecule has 0 amide bonds. The number of anilines is 2. The lowest BCUT2D eigenvalue weighted by atomic mass is 10.3. The standard InChI is InChI=1S/C11H14N4S3/c12-11-14-9(8-1-2-18-10(8)15-11)13-5-7-6-16-3-4-17-7/h1-2,7H,3-6H2,(H3,12,13,14,15). The minimum absolute atomic E-state index is 0.345. The lowest BCUT2D eigenvalue weighted by molar-refractivity contribution is 0.995. The molecule has 2 aromatic heterocycles. The van der Waals surface area contributed by atoms with Crippen LogP contribution in [-0.4, -0.2) is 39.0 Å². The highest BCUT2D eigenvalue weighted by molar-refractivity contribution is 8.06. The van der Waals surface area contributed by atoms with Gasteiger partial charge in [-0.15, -0.1) is 11.3 Å². The van der Waals surface area contributed by atoms with E-state index in [-0.39, 0.29) is 0 Å². The number of nitrogen functional groups attached to an aromatic ring is 1. The van der Waals surface area contributed by atoms with Crippen LogP contribution in [0.5, 0.6) is 0 Å². The lowest BCUT2D eigenvalue weighted by Gasteiger charge is -2.21. The van der Waals surface area contributed by atoms with Gasteiger partial charge in [-0.3, -0.25) is 0 Å². The van der Waals surface area contributed by atoms with Crippen molar-refractivity contribution in [1.29, 1.82) is 0 Å². The number of hydrogen-bond donors (Lipinski definition) is 2. The van der Waals surface area contributed by atoms with Crippen molar-refractivity contribution >= 4 is 56.8 Å². The lowest BCUT2D eigenvalue weighted by Crippen LogP contribution is -2.23. The summed E-state index contributed by atoms with van der Waals surface area (Å²) in [6.45, 7) is 0.944. The van der Waals surface area contributed by atoms with Crippen LogP contribution < -0.4 is 11.1 Å². The van der Waals surface area contributed by atoms with Crippen molar-refractivity contribution in [2.24, 2.45) is 0 Å². The molecule has 1 aliphatic heterocycles. The summed E-state index contributed by atoms with van der Waals surface area (Å²) in [4.78, 5) is 9.49. The second-order valence-electron chi connectivity index (χ2n) is 4.02. The Morgan fingerprint density at radius 3 is 3.17 bits per heavy atom. The van der Waals surface area contributed by atoms with Gasteiger partial charge < -0.3 is 11.1 Å². The molecule has 0 saturated carbocycles. The van der Waals surface area contributed by atoms with Gasteiger partial charge in [0.15, 0.2) is 0 Å². The Morgan fingerprint density at radius 2 is 2.33 bits per heavy atom. The fraction of sp³-hybridized carbons (Fsp3) is 0.455. The van der Waals surface area contributed by atoms with Crippen LogP contribution in [0, 0.1) is 0 Å². The molecule has 0 aliphatic carbocycles. The highest BCUT2D eigenvalue weighted by Gasteiger charge is 2.15. The summed E-state index contributed by atoms with van der Waals surface area (Å²) >= 11 is 5.67. The molecular weight excluding hydrogens is 284 g/mol. The van der Waals surface area contributed by atoms with Crippen LogP contribution >= 0.6 is 34.9 Å². The van der Waals surface area contributed by atoms with E-state index in [1.165, 1.54) is 17.3 Å². The Bertz CT molecular complexity index is 536. The zero-order valence-electron chi connectivity index (χ0n) is 9.76. The normalized spacial score (nSPS) is 20.1. The molecular formula is C11H14N4S3.